The molecular formula is C19H18FN3O2. The van der Waals surface area contributed by atoms with E-state index in [0.29, 0.717) is 16.7 Å². The lowest BCUT2D eigenvalue weighted by atomic mass is 10.1. The van der Waals surface area contributed by atoms with E-state index in [9.17, 15) is 9.18 Å². The Labute approximate surface area is 144 Å². The molecule has 0 radical (unpaired) electrons. The lowest BCUT2D eigenvalue weighted by Gasteiger charge is -2.15. The molecule has 0 aliphatic heterocycles. The largest absolute Gasteiger partial charge is 0.459 e. The van der Waals surface area contributed by atoms with E-state index in [2.05, 4.69) is 15.3 Å². The molecule has 3 rings (SSSR count). The molecule has 0 aliphatic rings. The van der Waals surface area contributed by atoms with Gasteiger partial charge in [-0.2, -0.15) is 0 Å². The van der Waals surface area contributed by atoms with E-state index in [4.69, 9.17) is 4.74 Å². The SMILES string of the molecule is Cc1ccc2c(Nc3ccccc3F)c(C(=O)OC(C)C)cnc2n1. The number of benzene rings is 1. The fourth-order valence-corrected chi connectivity index (χ4v) is 2.44. The van der Waals surface area contributed by atoms with Gasteiger partial charge in [0.25, 0.3) is 0 Å². The van der Waals surface area contributed by atoms with Crippen LogP contribution in [0.15, 0.2) is 42.6 Å². The summed E-state index contributed by atoms with van der Waals surface area (Å²) in [5, 5.41) is 3.62. The summed E-state index contributed by atoms with van der Waals surface area (Å²) in [4.78, 5) is 21.1. The van der Waals surface area contributed by atoms with Crippen LogP contribution in [0, 0.1) is 12.7 Å². The number of fused-ring (bicyclic) bond motifs is 1. The molecule has 0 saturated carbocycles. The third-order valence-corrected chi connectivity index (χ3v) is 3.57. The van der Waals surface area contributed by atoms with Crippen LogP contribution < -0.4 is 5.32 Å². The zero-order valence-corrected chi connectivity index (χ0v) is 14.2. The number of hydrogen-bond donors (Lipinski definition) is 1. The van der Waals surface area contributed by atoms with Crippen LogP contribution in [-0.4, -0.2) is 22.0 Å². The van der Waals surface area contributed by atoms with Gasteiger partial charge >= 0.3 is 5.97 Å². The maximum absolute atomic E-state index is 14.1. The van der Waals surface area contributed by atoms with Crippen molar-refractivity contribution in [1.29, 1.82) is 0 Å². The number of nitrogens with one attached hydrogen (secondary N) is 1. The number of aromatic nitrogens is 2. The average Bonchev–Trinajstić information content (AvgIpc) is 2.56. The smallest absolute Gasteiger partial charge is 0.342 e. The number of rotatable bonds is 4. The summed E-state index contributed by atoms with van der Waals surface area (Å²) in [5.41, 5.74) is 2.19. The molecule has 5 nitrogen and oxygen atoms in total. The van der Waals surface area contributed by atoms with Crippen LogP contribution in [0.25, 0.3) is 11.0 Å². The molecule has 1 N–H and O–H groups in total. The Balaban J connectivity index is 2.17. The minimum Gasteiger partial charge on any atom is -0.459 e. The second-order valence-corrected chi connectivity index (χ2v) is 5.93. The fourth-order valence-electron chi connectivity index (χ4n) is 2.44. The first-order valence-electron chi connectivity index (χ1n) is 7.94. The summed E-state index contributed by atoms with van der Waals surface area (Å²) < 4.78 is 19.4. The van der Waals surface area contributed by atoms with E-state index in [1.807, 2.05) is 13.0 Å². The Morgan fingerprint density at radius 2 is 1.96 bits per heavy atom. The minimum absolute atomic E-state index is 0.232. The van der Waals surface area contributed by atoms with Crippen LogP contribution in [0.1, 0.15) is 29.9 Å². The maximum atomic E-state index is 14.1. The van der Waals surface area contributed by atoms with Gasteiger partial charge in [0.15, 0.2) is 5.65 Å². The second kappa shape index (κ2) is 6.84. The highest BCUT2D eigenvalue weighted by atomic mass is 19.1. The van der Waals surface area contributed by atoms with Gasteiger partial charge in [-0.15, -0.1) is 0 Å². The van der Waals surface area contributed by atoms with E-state index in [1.54, 1.807) is 38.1 Å². The maximum Gasteiger partial charge on any atom is 0.342 e. The third kappa shape index (κ3) is 3.57. The van der Waals surface area contributed by atoms with Gasteiger partial charge in [-0.3, -0.25) is 0 Å². The Morgan fingerprint density at radius 3 is 2.68 bits per heavy atom. The molecule has 25 heavy (non-hydrogen) atoms. The van der Waals surface area contributed by atoms with Gasteiger partial charge in [-0.1, -0.05) is 12.1 Å². The monoisotopic (exact) mass is 339 g/mol. The van der Waals surface area contributed by atoms with Crippen LogP contribution in [0.3, 0.4) is 0 Å². The quantitative estimate of drug-likeness (QED) is 0.714. The lowest BCUT2D eigenvalue weighted by molar-refractivity contribution is 0.0379. The Hall–Kier alpha value is -3.02. The van der Waals surface area contributed by atoms with Gasteiger partial charge in [0.2, 0.25) is 0 Å². The summed E-state index contributed by atoms with van der Waals surface area (Å²) in [6.07, 6.45) is 1.13. The number of nitrogens with zero attached hydrogens (tertiary/aromatic N) is 2. The molecule has 2 aromatic heterocycles. The number of halogens is 1. The van der Waals surface area contributed by atoms with Crippen LogP contribution in [0.5, 0.6) is 0 Å². The number of pyridine rings is 2. The molecule has 0 amide bonds. The molecular weight excluding hydrogens is 321 g/mol. The molecule has 0 fully saturated rings. The summed E-state index contributed by atoms with van der Waals surface area (Å²) >= 11 is 0. The number of carbonyl (C=O) groups excluding carboxylic acids is 1. The van der Waals surface area contributed by atoms with E-state index in [-0.39, 0.29) is 17.4 Å². The standard InChI is InChI=1S/C19H18FN3O2/c1-11(2)25-19(24)14-10-21-18-13(9-8-12(3)22-18)17(14)23-16-7-5-4-6-15(16)20/h4-11H,1-3H3,(H,21,22,23). The number of anilines is 2. The van der Waals surface area contributed by atoms with Gasteiger partial charge in [0, 0.05) is 17.3 Å². The molecule has 0 spiro atoms. The van der Waals surface area contributed by atoms with Gasteiger partial charge in [-0.05, 0) is 45.0 Å². The molecule has 2 heterocycles. The first-order valence-corrected chi connectivity index (χ1v) is 7.94. The predicted molar refractivity (Wildman–Crippen MR) is 94.5 cm³/mol. The van der Waals surface area contributed by atoms with Gasteiger partial charge in [0.05, 0.1) is 17.5 Å². The zero-order chi connectivity index (χ0) is 18.0. The molecule has 0 aliphatic carbocycles. The molecule has 1 aromatic carbocycles. The average molecular weight is 339 g/mol. The Morgan fingerprint density at radius 1 is 1.20 bits per heavy atom. The molecule has 0 bridgehead atoms. The summed E-state index contributed by atoms with van der Waals surface area (Å²) in [6, 6.07) is 9.88. The highest BCUT2D eigenvalue weighted by Crippen LogP contribution is 2.30. The van der Waals surface area contributed by atoms with Gasteiger partial charge in [0.1, 0.15) is 11.4 Å². The summed E-state index contributed by atoms with van der Waals surface area (Å²) in [6.45, 7) is 5.38. The highest BCUT2D eigenvalue weighted by Gasteiger charge is 2.19. The normalized spacial score (nSPS) is 10.9. The Bertz CT molecular complexity index is 941. The van der Waals surface area contributed by atoms with E-state index in [0.717, 1.165) is 5.69 Å². The van der Waals surface area contributed by atoms with Gasteiger partial charge in [-0.25, -0.2) is 19.2 Å². The predicted octanol–water partition coefficient (Wildman–Crippen LogP) is 4.39. The molecule has 0 atom stereocenters. The van der Waals surface area contributed by atoms with Crippen molar-refractivity contribution in [3.8, 4) is 0 Å². The van der Waals surface area contributed by atoms with Crippen molar-refractivity contribution in [1.82, 2.24) is 9.97 Å². The van der Waals surface area contributed by atoms with Crippen molar-refractivity contribution in [2.45, 2.75) is 26.9 Å². The van der Waals surface area contributed by atoms with Crippen molar-refractivity contribution in [3.63, 3.8) is 0 Å². The van der Waals surface area contributed by atoms with Crippen LogP contribution in [0.2, 0.25) is 0 Å². The second-order valence-electron chi connectivity index (χ2n) is 5.93. The minimum atomic E-state index is -0.524. The van der Waals surface area contributed by atoms with Crippen molar-refractivity contribution < 1.29 is 13.9 Å². The summed E-state index contributed by atoms with van der Waals surface area (Å²) in [5.74, 6) is -0.945. The number of esters is 1. The van der Waals surface area contributed by atoms with Crippen LogP contribution >= 0.6 is 0 Å². The number of para-hydroxylation sites is 1. The fraction of sp³-hybridized carbons (Fsp3) is 0.211. The van der Waals surface area contributed by atoms with Crippen molar-refractivity contribution in [2.24, 2.45) is 0 Å². The van der Waals surface area contributed by atoms with Crippen molar-refractivity contribution in [2.75, 3.05) is 5.32 Å². The molecule has 3 aromatic rings. The molecule has 0 saturated heterocycles. The molecule has 6 heteroatoms. The number of aryl methyl sites for hydroxylation is 1. The lowest BCUT2D eigenvalue weighted by Crippen LogP contribution is -2.14. The van der Waals surface area contributed by atoms with Crippen LogP contribution in [0.4, 0.5) is 15.8 Å². The number of ether oxygens (including phenoxy) is 1. The van der Waals surface area contributed by atoms with E-state index < -0.39 is 11.8 Å². The van der Waals surface area contributed by atoms with Crippen molar-refractivity contribution in [3.05, 3.63) is 59.7 Å². The third-order valence-electron chi connectivity index (χ3n) is 3.57. The molecule has 128 valence electrons. The number of hydrogen-bond acceptors (Lipinski definition) is 5. The zero-order valence-electron chi connectivity index (χ0n) is 14.2. The number of carbonyl (C=O) groups is 1. The first-order chi connectivity index (χ1) is 12.0. The van der Waals surface area contributed by atoms with E-state index in [1.165, 1.54) is 12.3 Å². The highest BCUT2D eigenvalue weighted by molar-refractivity contribution is 6.05. The van der Waals surface area contributed by atoms with Gasteiger partial charge < -0.3 is 10.1 Å². The summed E-state index contributed by atoms with van der Waals surface area (Å²) in [7, 11) is 0. The molecule has 0 unspecified atom stereocenters. The Kier molecular flexibility index (Phi) is 4.61. The van der Waals surface area contributed by atoms with Crippen LogP contribution in [-0.2, 0) is 4.74 Å². The topological polar surface area (TPSA) is 64.1 Å². The first kappa shape index (κ1) is 16.8. The van der Waals surface area contributed by atoms with Crippen molar-refractivity contribution >= 4 is 28.4 Å². The van der Waals surface area contributed by atoms with E-state index >= 15 is 0 Å².